The molecule has 4 aromatic rings. The Morgan fingerprint density at radius 2 is 1.90 bits per heavy atom. The molecule has 31 heavy (non-hydrogen) atoms. The Morgan fingerprint density at radius 3 is 2.71 bits per heavy atom. The Morgan fingerprint density at radius 1 is 1.06 bits per heavy atom. The van der Waals surface area contributed by atoms with Crippen LogP contribution < -0.4 is 10.6 Å². The van der Waals surface area contributed by atoms with E-state index >= 15 is 0 Å². The lowest BCUT2D eigenvalue weighted by molar-refractivity contribution is 0.0947. The Hall–Kier alpha value is -3.27. The fourth-order valence-corrected chi connectivity index (χ4v) is 3.67. The molecule has 0 aliphatic rings. The number of hydrogen-bond acceptors (Lipinski definition) is 8. The van der Waals surface area contributed by atoms with Crippen molar-refractivity contribution in [3.8, 4) is 0 Å². The number of rotatable bonds is 9. The van der Waals surface area contributed by atoms with E-state index in [1.807, 2.05) is 24.3 Å². The molecule has 0 atom stereocenters. The Labute approximate surface area is 184 Å². The molecule has 9 nitrogen and oxygen atoms in total. The Balaban J connectivity index is 1.47. The van der Waals surface area contributed by atoms with Gasteiger partial charge in [-0.3, -0.25) is 9.78 Å². The first-order valence-corrected chi connectivity index (χ1v) is 11.3. The molecule has 0 fully saturated rings. The normalized spacial score (nSPS) is 11.2. The number of fused-ring (bicyclic) bond motifs is 2. The van der Waals surface area contributed by atoms with Gasteiger partial charge >= 0.3 is 0 Å². The number of carbonyl (C=O) groups is 1. The average Bonchev–Trinajstić information content (AvgIpc) is 3.20. The van der Waals surface area contributed by atoms with Crippen LogP contribution in [0.1, 0.15) is 30.8 Å². The van der Waals surface area contributed by atoms with Crippen LogP contribution in [0, 0.1) is 0 Å². The van der Waals surface area contributed by atoms with Gasteiger partial charge in [-0.15, -0.1) is 0 Å². The maximum absolute atomic E-state index is 12.5. The zero-order valence-corrected chi connectivity index (χ0v) is 18.3. The van der Waals surface area contributed by atoms with Crippen LogP contribution in [0.15, 0.2) is 41.8 Å². The van der Waals surface area contributed by atoms with Crippen LogP contribution in [0.2, 0.25) is 0 Å². The molecule has 2 N–H and O–H groups in total. The number of hydrogen-bond donors (Lipinski definition) is 2. The van der Waals surface area contributed by atoms with E-state index in [0.717, 1.165) is 41.1 Å². The summed E-state index contributed by atoms with van der Waals surface area (Å²) in [6.45, 7) is 5.88. The molecule has 3 aromatic heterocycles. The number of carbonyl (C=O) groups excluding carboxylic acids is 1. The lowest BCUT2D eigenvalue weighted by Gasteiger charge is -2.09. The second-order valence-corrected chi connectivity index (χ2v) is 8.05. The molecule has 0 saturated heterocycles. The van der Waals surface area contributed by atoms with Crippen molar-refractivity contribution in [2.45, 2.75) is 32.0 Å². The zero-order valence-electron chi connectivity index (χ0n) is 17.5. The predicted octanol–water partition coefficient (Wildman–Crippen LogP) is 3.13. The first kappa shape index (κ1) is 21.0. The first-order chi connectivity index (χ1) is 15.2. The molecular weight excluding hydrogens is 412 g/mol. The highest BCUT2D eigenvalue weighted by Gasteiger charge is 2.14. The molecule has 160 valence electrons. The van der Waals surface area contributed by atoms with Crippen molar-refractivity contribution in [2.75, 3.05) is 24.2 Å². The number of amides is 1. The van der Waals surface area contributed by atoms with E-state index in [-0.39, 0.29) is 5.91 Å². The molecule has 0 aliphatic heterocycles. The molecule has 0 unspecified atom stereocenters. The highest BCUT2D eigenvalue weighted by molar-refractivity contribution is 7.99. The molecule has 0 radical (unpaired) electrons. The highest BCUT2D eigenvalue weighted by Crippen LogP contribution is 2.24. The number of aromatic nitrogens is 6. The van der Waals surface area contributed by atoms with Crippen molar-refractivity contribution in [3.05, 3.63) is 42.4 Å². The van der Waals surface area contributed by atoms with Crippen LogP contribution in [0.5, 0.6) is 0 Å². The molecule has 4 rings (SSSR count). The van der Waals surface area contributed by atoms with E-state index in [2.05, 4.69) is 49.5 Å². The molecule has 0 saturated carbocycles. The minimum absolute atomic E-state index is 0.267. The summed E-state index contributed by atoms with van der Waals surface area (Å²) >= 11 is 1.59. The topological polar surface area (TPSA) is 111 Å². The number of nitrogens with one attached hydrogen (secondary N) is 2. The predicted molar refractivity (Wildman–Crippen MR) is 122 cm³/mol. The molecular formula is C21H24N8OS. The third-order valence-corrected chi connectivity index (χ3v) is 5.31. The van der Waals surface area contributed by atoms with Gasteiger partial charge in [0, 0.05) is 13.1 Å². The van der Waals surface area contributed by atoms with Crippen molar-refractivity contribution in [1.82, 2.24) is 35.0 Å². The summed E-state index contributed by atoms with van der Waals surface area (Å²) in [7, 11) is 0. The Bertz CT molecular complexity index is 1210. The van der Waals surface area contributed by atoms with Gasteiger partial charge in [-0.05, 0) is 24.3 Å². The van der Waals surface area contributed by atoms with Gasteiger partial charge in [-0.2, -0.15) is 5.10 Å². The summed E-state index contributed by atoms with van der Waals surface area (Å²) in [6, 6.07) is 7.47. The summed E-state index contributed by atoms with van der Waals surface area (Å²) in [6.07, 6.45) is 4.26. The van der Waals surface area contributed by atoms with Gasteiger partial charge in [-0.25, -0.2) is 19.6 Å². The maximum atomic E-state index is 12.5. The molecule has 1 aromatic carbocycles. The van der Waals surface area contributed by atoms with E-state index in [0.29, 0.717) is 29.5 Å². The minimum Gasteiger partial charge on any atom is -0.369 e. The number of para-hydroxylation sites is 2. The van der Waals surface area contributed by atoms with Gasteiger partial charge in [0.05, 0.1) is 35.4 Å². The smallest absolute Gasteiger partial charge is 0.271 e. The fraction of sp³-hybridized carbons (Fsp3) is 0.333. The largest absolute Gasteiger partial charge is 0.369 e. The van der Waals surface area contributed by atoms with Crippen molar-refractivity contribution in [3.63, 3.8) is 0 Å². The fourth-order valence-electron chi connectivity index (χ4n) is 3.10. The highest BCUT2D eigenvalue weighted by atomic mass is 32.2. The van der Waals surface area contributed by atoms with E-state index in [4.69, 9.17) is 0 Å². The van der Waals surface area contributed by atoms with Gasteiger partial charge in [0.15, 0.2) is 10.8 Å². The molecule has 0 spiro atoms. The van der Waals surface area contributed by atoms with E-state index in [9.17, 15) is 4.79 Å². The van der Waals surface area contributed by atoms with Crippen molar-refractivity contribution in [2.24, 2.45) is 0 Å². The summed E-state index contributed by atoms with van der Waals surface area (Å²) in [4.78, 5) is 30.5. The van der Waals surface area contributed by atoms with Crippen LogP contribution >= 0.6 is 11.8 Å². The van der Waals surface area contributed by atoms with E-state index < -0.39 is 0 Å². The van der Waals surface area contributed by atoms with Gasteiger partial charge < -0.3 is 10.6 Å². The summed E-state index contributed by atoms with van der Waals surface area (Å²) in [5.74, 6) is 1.41. The van der Waals surface area contributed by atoms with Gasteiger partial charge in [0.25, 0.3) is 5.91 Å². The molecule has 3 heterocycles. The Kier molecular flexibility index (Phi) is 6.56. The van der Waals surface area contributed by atoms with Crippen LogP contribution in [0.25, 0.3) is 22.1 Å². The van der Waals surface area contributed by atoms with Crippen LogP contribution in [0.4, 0.5) is 5.82 Å². The summed E-state index contributed by atoms with van der Waals surface area (Å²) in [5.41, 5.74) is 2.50. The van der Waals surface area contributed by atoms with Gasteiger partial charge in [-0.1, -0.05) is 37.7 Å². The third kappa shape index (κ3) is 4.74. The average molecular weight is 437 g/mol. The van der Waals surface area contributed by atoms with Crippen LogP contribution in [0.3, 0.4) is 0 Å². The standard InChI is InChI=1S/C21H24N8OS/c1-3-9-22-18-14-12-25-29(19(14)28-21(27-18)31-4-2)11-10-23-20(30)17-13-24-15-7-5-6-8-16(15)26-17/h5-8,12-13H,3-4,9-11H2,1-2H3,(H,23,30)(H,22,27,28). The molecule has 0 bridgehead atoms. The monoisotopic (exact) mass is 436 g/mol. The number of benzene rings is 1. The molecule has 10 heteroatoms. The minimum atomic E-state index is -0.267. The van der Waals surface area contributed by atoms with E-state index in [1.54, 1.807) is 22.6 Å². The SMILES string of the molecule is CCCNc1nc(SCC)nc2c1cnn2CCNC(=O)c1cnc2ccccc2n1. The number of nitrogens with zero attached hydrogens (tertiary/aromatic N) is 6. The van der Waals surface area contributed by atoms with Gasteiger partial charge in [0.1, 0.15) is 11.5 Å². The molecule has 1 amide bonds. The van der Waals surface area contributed by atoms with Crippen molar-refractivity contribution in [1.29, 1.82) is 0 Å². The quantitative estimate of drug-likeness (QED) is 0.304. The number of thioether (sulfide) groups is 1. The lowest BCUT2D eigenvalue weighted by atomic mass is 10.3. The number of anilines is 1. The van der Waals surface area contributed by atoms with Crippen molar-refractivity contribution < 1.29 is 4.79 Å². The third-order valence-electron chi connectivity index (χ3n) is 4.58. The molecule has 0 aliphatic carbocycles. The second kappa shape index (κ2) is 9.69. The zero-order chi connectivity index (χ0) is 21.6. The summed E-state index contributed by atoms with van der Waals surface area (Å²) in [5, 5.41) is 12.3. The first-order valence-electron chi connectivity index (χ1n) is 10.3. The van der Waals surface area contributed by atoms with Crippen molar-refractivity contribution >= 4 is 45.6 Å². The van der Waals surface area contributed by atoms with Crippen LogP contribution in [-0.2, 0) is 6.54 Å². The second-order valence-electron chi connectivity index (χ2n) is 6.82. The lowest BCUT2D eigenvalue weighted by Crippen LogP contribution is -2.28. The van der Waals surface area contributed by atoms with E-state index in [1.165, 1.54) is 6.20 Å². The summed E-state index contributed by atoms with van der Waals surface area (Å²) < 4.78 is 1.79. The van der Waals surface area contributed by atoms with Gasteiger partial charge in [0.2, 0.25) is 0 Å². The maximum Gasteiger partial charge on any atom is 0.271 e. The van der Waals surface area contributed by atoms with Crippen LogP contribution in [-0.4, -0.2) is 54.5 Å².